The molecular weight excluding hydrogens is 270 g/mol. The van der Waals surface area contributed by atoms with Gasteiger partial charge in [0.25, 0.3) is 0 Å². The Hall–Kier alpha value is -0.910. The highest BCUT2D eigenvalue weighted by atomic mass is 32.1. The molecule has 0 spiro atoms. The van der Waals surface area contributed by atoms with Gasteiger partial charge in [-0.2, -0.15) is 0 Å². The molecule has 1 aromatic rings. The fourth-order valence-electron chi connectivity index (χ4n) is 2.61. The summed E-state index contributed by atoms with van der Waals surface area (Å²) in [4.78, 5) is 15.7. The third-order valence-corrected chi connectivity index (χ3v) is 4.61. The van der Waals surface area contributed by atoms with Gasteiger partial charge in [-0.25, -0.2) is 0 Å². The van der Waals surface area contributed by atoms with Gasteiger partial charge < -0.3 is 10.6 Å². The largest absolute Gasteiger partial charge is 0.347 e. The van der Waals surface area contributed by atoms with E-state index in [2.05, 4.69) is 47.8 Å². The molecule has 2 atom stereocenters. The van der Waals surface area contributed by atoms with E-state index in [9.17, 15) is 4.79 Å². The van der Waals surface area contributed by atoms with Crippen LogP contribution in [0.1, 0.15) is 31.7 Å². The van der Waals surface area contributed by atoms with Gasteiger partial charge in [0.15, 0.2) is 0 Å². The minimum atomic E-state index is 0.128. The summed E-state index contributed by atoms with van der Waals surface area (Å²) in [6.45, 7) is 9.82. The molecule has 1 unspecified atom stereocenters. The van der Waals surface area contributed by atoms with Crippen molar-refractivity contribution in [2.24, 2.45) is 5.92 Å². The number of amides is 1. The Labute approximate surface area is 125 Å². The van der Waals surface area contributed by atoms with Crippen LogP contribution >= 0.6 is 11.3 Å². The molecule has 5 heteroatoms. The Morgan fingerprint density at radius 1 is 1.60 bits per heavy atom. The van der Waals surface area contributed by atoms with Gasteiger partial charge in [0.05, 0.1) is 12.6 Å². The molecule has 0 aromatic carbocycles. The molecule has 1 aromatic heterocycles. The van der Waals surface area contributed by atoms with Gasteiger partial charge >= 0.3 is 0 Å². The molecule has 0 bridgehead atoms. The molecule has 0 radical (unpaired) electrons. The van der Waals surface area contributed by atoms with E-state index < -0.39 is 0 Å². The highest BCUT2D eigenvalue weighted by Gasteiger charge is 2.22. The SMILES string of the molecule is CC(C)C(NC(=O)CN1CCN[C@H](C)C1)c1cccs1. The second-order valence-electron chi connectivity index (χ2n) is 5.89. The first kappa shape index (κ1) is 15.5. The quantitative estimate of drug-likeness (QED) is 0.871. The lowest BCUT2D eigenvalue weighted by Crippen LogP contribution is -2.52. The van der Waals surface area contributed by atoms with Gasteiger partial charge in [-0.05, 0) is 24.3 Å². The van der Waals surface area contributed by atoms with Gasteiger partial charge in [0.1, 0.15) is 0 Å². The molecule has 4 nitrogen and oxygen atoms in total. The zero-order valence-corrected chi connectivity index (χ0v) is 13.4. The second kappa shape index (κ2) is 7.20. The van der Waals surface area contributed by atoms with Crippen molar-refractivity contribution in [1.29, 1.82) is 0 Å². The Morgan fingerprint density at radius 2 is 2.40 bits per heavy atom. The number of hydrogen-bond donors (Lipinski definition) is 2. The van der Waals surface area contributed by atoms with Gasteiger partial charge in [-0.3, -0.25) is 9.69 Å². The zero-order chi connectivity index (χ0) is 14.5. The Bertz CT molecular complexity index is 419. The highest BCUT2D eigenvalue weighted by Crippen LogP contribution is 2.25. The maximum absolute atomic E-state index is 12.3. The predicted molar refractivity (Wildman–Crippen MR) is 83.9 cm³/mol. The van der Waals surface area contributed by atoms with Crippen LogP contribution in [0.25, 0.3) is 0 Å². The van der Waals surface area contributed by atoms with Crippen molar-refractivity contribution in [3.05, 3.63) is 22.4 Å². The predicted octanol–water partition coefficient (Wildman–Crippen LogP) is 1.86. The van der Waals surface area contributed by atoms with Crippen LogP contribution in [0.4, 0.5) is 0 Å². The van der Waals surface area contributed by atoms with Crippen LogP contribution in [0.5, 0.6) is 0 Å². The smallest absolute Gasteiger partial charge is 0.234 e. The molecule has 112 valence electrons. The molecule has 1 aliphatic rings. The van der Waals surface area contributed by atoms with Crippen molar-refractivity contribution in [1.82, 2.24) is 15.5 Å². The van der Waals surface area contributed by atoms with Crippen LogP contribution in [-0.4, -0.2) is 43.0 Å². The number of nitrogens with zero attached hydrogens (tertiary/aromatic N) is 1. The minimum Gasteiger partial charge on any atom is -0.347 e. The Morgan fingerprint density at radius 3 is 3.00 bits per heavy atom. The van der Waals surface area contributed by atoms with Gasteiger partial charge in [0, 0.05) is 30.6 Å². The highest BCUT2D eigenvalue weighted by molar-refractivity contribution is 7.10. The monoisotopic (exact) mass is 295 g/mol. The summed E-state index contributed by atoms with van der Waals surface area (Å²) in [5.41, 5.74) is 0. The number of carbonyl (C=O) groups is 1. The molecule has 1 amide bonds. The van der Waals surface area contributed by atoms with Crippen molar-refractivity contribution in [2.75, 3.05) is 26.2 Å². The molecule has 1 fully saturated rings. The Balaban J connectivity index is 1.88. The van der Waals surface area contributed by atoms with Crippen molar-refractivity contribution in [2.45, 2.75) is 32.9 Å². The number of nitrogens with one attached hydrogen (secondary N) is 2. The normalized spacial score (nSPS) is 21.9. The van der Waals surface area contributed by atoms with Crippen molar-refractivity contribution >= 4 is 17.2 Å². The van der Waals surface area contributed by atoms with E-state index in [1.165, 1.54) is 4.88 Å². The molecule has 1 aliphatic heterocycles. The van der Waals surface area contributed by atoms with E-state index in [1.807, 2.05) is 6.07 Å². The van der Waals surface area contributed by atoms with E-state index in [-0.39, 0.29) is 11.9 Å². The maximum Gasteiger partial charge on any atom is 0.234 e. The third kappa shape index (κ3) is 4.30. The van der Waals surface area contributed by atoms with Crippen LogP contribution in [0.3, 0.4) is 0 Å². The number of piperazine rings is 1. The number of thiophene rings is 1. The van der Waals surface area contributed by atoms with Crippen LogP contribution in [-0.2, 0) is 4.79 Å². The van der Waals surface area contributed by atoms with Crippen molar-refractivity contribution < 1.29 is 4.79 Å². The first-order chi connectivity index (χ1) is 9.56. The zero-order valence-electron chi connectivity index (χ0n) is 12.6. The van der Waals surface area contributed by atoms with E-state index in [1.54, 1.807) is 11.3 Å². The molecule has 1 saturated heterocycles. The topological polar surface area (TPSA) is 44.4 Å². The van der Waals surface area contributed by atoms with Crippen LogP contribution in [0.2, 0.25) is 0 Å². The van der Waals surface area contributed by atoms with E-state index in [0.717, 1.165) is 19.6 Å². The number of rotatable bonds is 5. The molecule has 2 rings (SSSR count). The summed E-state index contributed by atoms with van der Waals surface area (Å²) in [5, 5.41) is 8.65. The minimum absolute atomic E-state index is 0.128. The molecule has 2 N–H and O–H groups in total. The van der Waals surface area contributed by atoms with Gasteiger partial charge in [-0.15, -0.1) is 11.3 Å². The van der Waals surface area contributed by atoms with Crippen LogP contribution < -0.4 is 10.6 Å². The fourth-order valence-corrected chi connectivity index (χ4v) is 3.56. The fraction of sp³-hybridized carbons (Fsp3) is 0.667. The molecule has 0 aliphatic carbocycles. The van der Waals surface area contributed by atoms with Crippen LogP contribution in [0, 0.1) is 5.92 Å². The van der Waals surface area contributed by atoms with E-state index >= 15 is 0 Å². The number of carbonyl (C=O) groups excluding carboxylic acids is 1. The first-order valence-electron chi connectivity index (χ1n) is 7.34. The molecule has 0 saturated carbocycles. The lowest BCUT2D eigenvalue weighted by atomic mass is 10.0. The molecule has 2 heterocycles. The summed E-state index contributed by atoms with van der Waals surface area (Å²) in [6, 6.07) is 4.74. The van der Waals surface area contributed by atoms with Crippen molar-refractivity contribution in [3.8, 4) is 0 Å². The third-order valence-electron chi connectivity index (χ3n) is 3.65. The lowest BCUT2D eigenvalue weighted by Gasteiger charge is -2.32. The summed E-state index contributed by atoms with van der Waals surface area (Å²) < 4.78 is 0. The summed E-state index contributed by atoms with van der Waals surface area (Å²) in [6.07, 6.45) is 0. The second-order valence-corrected chi connectivity index (χ2v) is 6.87. The Kier molecular flexibility index (Phi) is 5.57. The summed E-state index contributed by atoms with van der Waals surface area (Å²) in [7, 11) is 0. The van der Waals surface area contributed by atoms with Gasteiger partial charge in [-0.1, -0.05) is 19.9 Å². The van der Waals surface area contributed by atoms with E-state index in [4.69, 9.17) is 0 Å². The standard InChI is InChI=1S/C15H25N3OS/c1-11(2)15(13-5-4-8-20-13)17-14(19)10-18-7-6-16-12(3)9-18/h4-5,8,11-12,15-16H,6-7,9-10H2,1-3H3,(H,17,19)/t12-,15?/m1/s1. The van der Waals surface area contributed by atoms with Gasteiger partial charge in [0.2, 0.25) is 5.91 Å². The summed E-state index contributed by atoms with van der Waals surface area (Å²) >= 11 is 1.71. The lowest BCUT2D eigenvalue weighted by molar-refractivity contribution is -0.123. The number of hydrogen-bond acceptors (Lipinski definition) is 4. The average molecular weight is 295 g/mol. The first-order valence-corrected chi connectivity index (χ1v) is 8.22. The molecular formula is C15H25N3OS. The van der Waals surface area contributed by atoms with Crippen molar-refractivity contribution in [3.63, 3.8) is 0 Å². The maximum atomic E-state index is 12.3. The van der Waals surface area contributed by atoms with Crippen LogP contribution in [0.15, 0.2) is 17.5 Å². The molecule has 20 heavy (non-hydrogen) atoms. The average Bonchev–Trinajstić information content (AvgIpc) is 2.89. The summed E-state index contributed by atoms with van der Waals surface area (Å²) in [5.74, 6) is 0.533. The van der Waals surface area contributed by atoms with E-state index in [0.29, 0.717) is 18.5 Å².